The van der Waals surface area contributed by atoms with Crippen LogP contribution in [0.25, 0.3) is 10.9 Å². The van der Waals surface area contributed by atoms with Gasteiger partial charge in [-0.05, 0) is 37.3 Å². The van der Waals surface area contributed by atoms with Crippen LogP contribution in [0.1, 0.15) is 24.1 Å². The van der Waals surface area contributed by atoms with Gasteiger partial charge in [0.25, 0.3) is 0 Å². The predicted molar refractivity (Wildman–Crippen MR) is 106 cm³/mol. The number of nitrogens with one attached hydrogen (secondary N) is 2. The number of fused-ring (bicyclic) bond motifs is 1. The first-order valence-electron chi connectivity index (χ1n) is 9.53. The Bertz CT molecular complexity index is 926. The quantitative estimate of drug-likeness (QED) is 0.626. The highest BCUT2D eigenvalue weighted by atomic mass is 35.5. The van der Waals surface area contributed by atoms with Crippen LogP contribution in [0.2, 0.25) is 5.02 Å². The van der Waals surface area contributed by atoms with Gasteiger partial charge in [0.1, 0.15) is 37.7 Å². The first-order valence-corrected chi connectivity index (χ1v) is 9.91. The molecule has 1 atom stereocenters. The molecule has 4 rings (SSSR count). The minimum Gasteiger partial charge on any atom is -0.505 e. The number of likely N-dealkylation sites (N-methyl/N-ethyl adjacent to an activating group) is 1. The summed E-state index contributed by atoms with van der Waals surface area (Å²) in [6.45, 7) is 7.73. The molecule has 27 heavy (non-hydrogen) atoms. The van der Waals surface area contributed by atoms with E-state index in [0.717, 1.165) is 49.2 Å². The summed E-state index contributed by atoms with van der Waals surface area (Å²) in [5, 5.41) is 12.5. The molecule has 0 aliphatic carbocycles. The Morgan fingerprint density at radius 2 is 1.93 bits per heavy atom. The molecule has 5 nitrogen and oxygen atoms in total. The fraction of sp³-hybridized carbons (Fsp3) is 0.333. The number of piperazine rings is 1. The van der Waals surface area contributed by atoms with Crippen LogP contribution in [0.15, 0.2) is 48.9 Å². The van der Waals surface area contributed by atoms with E-state index in [1.807, 2.05) is 30.5 Å². The van der Waals surface area contributed by atoms with E-state index in [2.05, 4.69) is 23.0 Å². The SMILES string of the molecule is CC[NH+]1CC[NH+]([C@H](c2cccnc2)c2cc(Cl)c3cccnc3c2O)CC1. The summed E-state index contributed by atoms with van der Waals surface area (Å²) in [5.74, 6) is 0.224. The number of rotatable bonds is 4. The van der Waals surface area contributed by atoms with E-state index in [1.165, 1.54) is 4.90 Å². The van der Waals surface area contributed by atoms with Gasteiger partial charge in [-0.2, -0.15) is 0 Å². The Balaban J connectivity index is 1.82. The molecule has 1 fully saturated rings. The molecule has 2 aromatic heterocycles. The third kappa shape index (κ3) is 3.50. The van der Waals surface area contributed by atoms with Crippen molar-refractivity contribution in [2.24, 2.45) is 0 Å². The Morgan fingerprint density at radius 1 is 1.15 bits per heavy atom. The first kappa shape index (κ1) is 18.2. The van der Waals surface area contributed by atoms with Crippen molar-refractivity contribution in [2.45, 2.75) is 13.0 Å². The van der Waals surface area contributed by atoms with Gasteiger partial charge >= 0.3 is 0 Å². The summed E-state index contributed by atoms with van der Waals surface area (Å²) < 4.78 is 0. The predicted octanol–water partition coefficient (Wildman–Crippen LogP) is 0.882. The summed E-state index contributed by atoms with van der Waals surface area (Å²) in [7, 11) is 0. The molecule has 0 amide bonds. The van der Waals surface area contributed by atoms with Crippen LogP contribution < -0.4 is 9.80 Å². The van der Waals surface area contributed by atoms with Crippen LogP contribution in [-0.2, 0) is 0 Å². The van der Waals surface area contributed by atoms with Crippen LogP contribution in [0, 0.1) is 0 Å². The molecule has 0 unspecified atom stereocenters. The van der Waals surface area contributed by atoms with Gasteiger partial charge in [-0.3, -0.25) is 9.97 Å². The lowest BCUT2D eigenvalue weighted by Crippen LogP contribution is -3.28. The Morgan fingerprint density at radius 3 is 2.63 bits per heavy atom. The van der Waals surface area contributed by atoms with E-state index in [0.29, 0.717) is 10.5 Å². The molecule has 6 heteroatoms. The van der Waals surface area contributed by atoms with Crippen LogP contribution in [0.5, 0.6) is 5.75 Å². The van der Waals surface area contributed by atoms with E-state index in [9.17, 15) is 5.11 Å². The number of nitrogens with zero attached hydrogens (tertiary/aromatic N) is 2. The standard InChI is InChI=1S/C21H23ClN4O/c1-2-25-9-11-26(12-10-25)20(15-5-3-7-23-14-15)17-13-18(22)16-6-4-8-24-19(16)21(17)27/h3-8,13-14,20,27H,2,9-12H2,1H3/p+2/t20-/m1/s1. The zero-order valence-corrected chi connectivity index (χ0v) is 16.2. The van der Waals surface area contributed by atoms with Crippen LogP contribution in [0.4, 0.5) is 0 Å². The number of phenols is 1. The maximum Gasteiger partial charge on any atom is 0.151 e. The first-order chi connectivity index (χ1) is 13.2. The zero-order chi connectivity index (χ0) is 18.8. The topological polar surface area (TPSA) is 54.9 Å². The highest BCUT2D eigenvalue weighted by Gasteiger charge is 2.34. The molecule has 0 spiro atoms. The van der Waals surface area contributed by atoms with Crippen molar-refractivity contribution in [3.05, 3.63) is 65.1 Å². The summed E-state index contributed by atoms with van der Waals surface area (Å²) in [4.78, 5) is 11.8. The van der Waals surface area contributed by atoms with Crippen molar-refractivity contribution in [3.8, 4) is 5.75 Å². The third-order valence-electron chi connectivity index (χ3n) is 5.68. The maximum atomic E-state index is 11.1. The van der Waals surface area contributed by atoms with E-state index in [4.69, 9.17) is 11.6 Å². The Labute approximate surface area is 164 Å². The van der Waals surface area contributed by atoms with Gasteiger partial charge < -0.3 is 14.9 Å². The van der Waals surface area contributed by atoms with Gasteiger partial charge in [0.2, 0.25) is 0 Å². The molecule has 1 saturated heterocycles. The smallest absolute Gasteiger partial charge is 0.151 e. The fourth-order valence-electron chi connectivity index (χ4n) is 4.17. The minimum absolute atomic E-state index is 0.0130. The molecule has 1 aliphatic rings. The van der Waals surface area contributed by atoms with Crippen LogP contribution >= 0.6 is 11.6 Å². The average molecular weight is 385 g/mol. The molecule has 3 aromatic rings. The van der Waals surface area contributed by atoms with E-state index >= 15 is 0 Å². The van der Waals surface area contributed by atoms with E-state index in [-0.39, 0.29) is 11.8 Å². The monoisotopic (exact) mass is 384 g/mol. The Kier molecular flexibility index (Phi) is 5.25. The van der Waals surface area contributed by atoms with Crippen molar-refractivity contribution in [3.63, 3.8) is 0 Å². The minimum atomic E-state index is -0.0130. The molecule has 0 saturated carbocycles. The number of aromatic hydroxyl groups is 1. The summed E-state index contributed by atoms with van der Waals surface area (Å²) in [6.07, 6.45) is 5.37. The largest absolute Gasteiger partial charge is 0.505 e. The zero-order valence-electron chi connectivity index (χ0n) is 15.5. The number of halogens is 1. The number of hydrogen-bond acceptors (Lipinski definition) is 3. The third-order valence-corrected chi connectivity index (χ3v) is 5.99. The number of pyridine rings is 2. The van der Waals surface area contributed by atoms with Gasteiger partial charge in [0.05, 0.1) is 17.1 Å². The fourth-order valence-corrected chi connectivity index (χ4v) is 4.44. The van der Waals surface area contributed by atoms with E-state index < -0.39 is 0 Å². The highest BCUT2D eigenvalue weighted by Crippen LogP contribution is 2.37. The lowest BCUT2D eigenvalue weighted by atomic mass is 9.95. The normalized spacial score (nSPS) is 21.3. The molecular formula is C21H25ClN4O+2. The molecular weight excluding hydrogens is 360 g/mol. The lowest BCUT2D eigenvalue weighted by Gasteiger charge is -2.35. The second-order valence-corrected chi connectivity index (χ2v) is 7.58. The number of quaternary nitrogens is 2. The van der Waals surface area contributed by atoms with Crippen molar-refractivity contribution in [1.29, 1.82) is 0 Å². The van der Waals surface area contributed by atoms with Crippen LogP contribution in [0.3, 0.4) is 0 Å². The van der Waals surface area contributed by atoms with Gasteiger partial charge in [-0.15, -0.1) is 0 Å². The second kappa shape index (κ2) is 7.80. The number of hydrogen-bond donors (Lipinski definition) is 3. The van der Waals surface area contributed by atoms with Gasteiger partial charge in [-0.1, -0.05) is 11.6 Å². The van der Waals surface area contributed by atoms with Crippen molar-refractivity contribution in [2.75, 3.05) is 32.7 Å². The van der Waals surface area contributed by atoms with Crippen LogP contribution in [-0.4, -0.2) is 47.8 Å². The van der Waals surface area contributed by atoms with Crippen molar-refractivity contribution < 1.29 is 14.9 Å². The number of phenolic OH excluding ortho intramolecular Hbond substituents is 1. The van der Waals surface area contributed by atoms with Crippen molar-refractivity contribution >= 4 is 22.5 Å². The van der Waals surface area contributed by atoms with E-state index in [1.54, 1.807) is 17.3 Å². The molecule has 3 heterocycles. The summed E-state index contributed by atoms with van der Waals surface area (Å²) in [6, 6.07) is 9.66. The number of aromatic nitrogens is 2. The van der Waals surface area contributed by atoms with Gasteiger partial charge in [-0.25, -0.2) is 0 Å². The molecule has 0 bridgehead atoms. The highest BCUT2D eigenvalue weighted by molar-refractivity contribution is 6.35. The molecule has 3 N–H and O–H groups in total. The summed E-state index contributed by atoms with van der Waals surface area (Å²) >= 11 is 6.57. The second-order valence-electron chi connectivity index (χ2n) is 7.18. The number of benzene rings is 1. The average Bonchev–Trinajstić information content (AvgIpc) is 2.73. The molecule has 1 aromatic carbocycles. The van der Waals surface area contributed by atoms with Gasteiger partial charge in [0, 0.05) is 29.5 Å². The lowest BCUT2D eigenvalue weighted by molar-refractivity contribution is -1.02. The Hall–Kier alpha value is -2.21. The van der Waals surface area contributed by atoms with Gasteiger partial charge in [0.15, 0.2) is 5.75 Å². The maximum absolute atomic E-state index is 11.1. The summed E-state index contributed by atoms with van der Waals surface area (Å²) in [5.41, 5.74) is 2.48. The molecule has 0 radical (unpaired) electrons. The molecule has 140 valence electrons. The molecule has 1 aliphatic heterocycles. The van der Waals surface area contributed by atoms with Crippen molar-refractivity contribution in [1.82, 2.24) is 9.97 Å².